The van der Waals surface area contributed by atoms with E-state index in [4.69, 9.17) is 16.6 Å². The van der Waals surface area contributed by atoms with Crippen molar-refractivity contribution in [2.75, 3.05) is 5.32 Å². The van der Waals surface area contributed by atoms with Crippen molar-refractivity contribution < 1.29 is 14.0 Å². The first-order valence-electron chi connectivity index (χ1n) is 14.7. The summed E-state index contributed by atoms with van der Waals surface area (Å²) in [5, 5.41) is 3.76. The Morgan fingerprint density at radius 2 is 1.83 bits per heavy atom. The second kappa shape index (κ2) is 12.6. The maximum Gasteiger partial charge on any atom is 0.263 e. The first-order chi connectivity index (χ1) is 22.1. The molecule has 9 nitrogen and oxygen atoms in total. The van der Waals surface area contributed by atoms with Crippen molar-refractivity contribution >= 4 is 29.2 Å². The van der Waals surface area contributed by atoms with Crippen LogP contribution in [0.25, 0.3) is 16.9 Å². The van der Waals surface area contributed by atoms with Gasteiger partial charge in [0.15, 0.2) is 5.78 Å². The number of rotatable bonds is 7. The number of hydrogen-bond acceptors (Lipinski definition) is 7. The Labute approximate surface area is 269 Å². The van der Waals surface area contributed by atoms with Gasteiger partial charge in [-0.2, -0.15) is 0 Å². The Balaban J connectivity index is 1.42. The molecule has 0 saturated heterocycles. The van der Waals surface area contributed by atoms with Gasteiger partial charge in [-0.25, -0.2) is 23.9 Å². The molecule has 232 valence electrons. The molecule has 1 amide bonds. The van der Waals surface area contributed by atoms with Crippen molar-refractivity contribution in [3.05, 3.63) is 134 Å². The van der Waals surface area contributed by atoms with Gasteiger partial charge in [0.05, 0.1) is 23.6 Å². The van der Waals surface area contributed by atoms with Crippen molar-refractivity contribution in [3.8, 4) is 16.9 Å². The Hall–Kier alpha value is -5.22. The number of benzene rings is 3. The van der Waals surface area contributed by atoms with E-state index in [0.717, 1.165) is 5.56 Å². The molecule has 3 heterocycles. The van der Waals surface area contributed by atoms with Crippen LogP contribution in [0.2, 0.25) is 5.02 Å². The second-order valence-corrected chi connectivity index (χ2v) is 11.7. The van der Waals surface area contributed by atoms with Gasteiger partial charge in [-0.1, -0.05) is 23.7 Å². The summed E-state index contributed by atoms with van der Waals surface area (Å²) in [7, 11) is 0. The van der Waals surface area contributed by atoms with Crippen LogP contribution in [-0.4, -0.2) is 42.2 Å². The highest BCUT2D eigenvalue weighted by Gasteiger charge is 2.32. The summed E-state index contributed by atoms with van der Waals surface area (Å²) in [6, 6.07) is 17.9. The quantitative estimate of drug-likeness (QED) is 0.212. The Kier molecular flexibility index (Phi) is 8.46. The lowest BCUT2D eigenvalue weighted by Crippen LogP contribution is -2.46. The van der Waals surface area contributed by atoms with Gasteiger partial charge >= 0.3 is 0 Å². The van der Waals surface area contributed by atoms with Gasteiger partial charge in [-0.15, -0.1) is 0 Å². The standard InChI is InChI=1S/C35H30ClFN6O3/c1-20-15-24(9-12-29(20)36)33(45)42-18-32-27(16-21(42)2)34(46)43(25-10-7-23(8-11-25)22(3)44)35(41-32)39-17-28-26(5-4-6-30(28)37)31-13-14-38-19-40-31/h4-15,19,21H,16-18H2,1-3H3,(H,39,41). The predicted octanol–water partition coefficient (Wildman–Crippen LogP) is 6.19. The molecule has 0 spiro atoms. The molecular weight excluding hydrogens is 607 g/mol. The summed E-state index contributed by atoms with van der Waals surface area (Å²) in [5.41, 5.74) is 4.33. The number of ketones is 1. The molecule has 6 rings (SSSR count). The average molecular weight is 637 g/mol. The normalized spacial score (nSPS) is 14.1. The molecule has 1 aliphatic rings. The predicted molar refractivity (Wildman–Crippen MR) is 174 cm³/mol. The number of aryl methyl sites for hydroxylation is 1. The van der Waals surface area contributed by atoms with Gasteiger partial charge in [-0.3, -0.25) is 14.4 Å². The van der Waals surface area contributed by atoms with Crippen molar-refractivity contribution in [1.82, 2.24) is 24.4 Å². The molecule has 2 aromatic heterocycles. The van der Waals surface area contributed by atoms with Crippen molar-refractivity contribution in [3.63, 3.8) is 0 Å². The Bertz CT molecular complexity index is 2030. The van der Waals surface area contributed by atoms with E-state index in [0.29, 0.717) is 49.9 Å². The molecule has 0 bridgehead atoms. The number of aromatic nitrogens is 4. The number of nitrogens with zero attached hydrogens (tertiary/aromatic N) is 5. The highest BCUT2D eigenvalue weighted by Crippen LogP contribution is 2.28. The number of anilines is 1. The Morgan fingerprint density at radius 3 is 2.52 bits per heavy atom. The van der Waals surface area contributed by atoms with E-state index in [1.54, 1.807) is 71.8 Å². The highest BCUT2D eigenvalue weighted by molar-refractivity contribution is 6.31. The van der Waals surface area contributed by atoms with Gasteiger partial charge in [-0.05, 0) is 87.4 Å². The van der Waals surface area contributed by atoms with Crippen LogP contribution < -0.4 is 10.9 Å². The average Bonchev–Trinajstić information content (AvgIpc) is 3.05. The lowest BCUT2D eigenvalue weighted by molar-refractivity contribution is 0.0653. The van der Waals surface area contributed by atoms with E-state index in [2.05, 4.69) is 15.3 Å². The number of carbonyl (C=O) groups is 2. The van der Waals surface area contributed by atoms with Crippen LogP contribution in [0.3, 0.4) is 0 Å². The van der Waals surface area contributed by atoms with E-state index < -0.39 is 5.82 Å². The van der Waals surface area contributed by atoms with Crippen LogP contribution in [-0.2, 0) is 19.5 Å². The summed E-state index contributed by atoms with van der Waals surface area (Å²) in [5.74, 6) is -0.586. The summed E-state index contributed by atoms with van der Waals surface area (Å²) < 4.78 is 16.7. The topological polar surface area (TPSA) is 110 Å². The summed E-state index contributed by atoms with van der Waals surface area (Å²) in [4.78, 5) is 54.6. The molecule has 0 aliphatic carbocycles. The minimum atomic E-state index is -0.454. The first kappa shape index (κ1) is 30.8. The summed E-state index contributed by atoms with van der Waals surface area (Å²) in [6.07, 6.45) is 3.26. The van der Waals surface area contributed by atoms with Crippen LogP contribution in [0.4, 0.5) is 10.3 Å². The monoisotopic (exact) mass is 636 g/mol. The maximum absolute atomic E-state index is 15.3. The molecule has 0 fully saturated rings. The van der Waals surface area contributed by atoms with Gasteiger partial charge in [0.2, 0.25) is 5.95 Å². The van der Waals surface area contributed by atoms with E-state index in [1.807, 2.05) is 13.8 Å². The molecule has 5 aromatic rings. The largest absolute Gasteiger partial charge is 0.351 e. The molecule has 46 heavy (non-hydrogen) atoms. The molecule has 1 unspecified atom stereocenters. The van der Waals surface area contributed by atoms with E-state index in [-0.39, 0.29) is 48.8 Å². The first-order valence-corrected chi connectivity index (χ1v) is 15.1. The highest BCUT2D eigenvalue weighted by atomic mass is 35.5. The third-order valence-electron chi connectivity index (χ3n) is 8.21. The van der Waals surface area contributed by atoms with Crippen LogP contribution >= 0.6 is 11.6 Å². The molecule has 1 atom stereocenters. The molecule has 1 N–H and O–H groups in total. The van der Waals surface area contributed by atoms with Gasteiger partial charge < -0.3 is 10.2 Å². The number of Topliss-reactive ketones (excluding diaryl/α,β-unsaturated/α-hetero) is 1. The van der Waals surface area contributed by atoms with E-state index >= 15 is 4.39 Å². The molecule has 0 saturated carbocycles. The second-order valence-electron chi connectivity index (χ2n) is 11.3. The third kappa shape index (κ3) is 5.91. The number of fused-ring (bicyclic) bond motifs is 1. The molecule has 11 heteroatoms. The molecule has 3 aromatic carbocycles. The number of amides is 1. The SMILES string of the molecule is CC(=O)c1ccc(-n2c(NCc3c(F)cccc3-c3ccncn3)nc3c(c2=O)CC(C)N(C(=O)c2ccc(Cl)c(C)c2)C3)cc1. The summed E-state index contributed by atoms with van der Waals surface area (Å²) >= 11 is 6.19. The van der Waals surface area contributed by atoms with Gasteiger partial charge in [0.25, 0.3) is 11.5 Å². The van der Waals surface area contributed by atoms with Crippen LogP contribution in [0.1, 0.15) is 56.9 Å². The van der Waals surface area contributed by atoms with Crippen LogP contribution in [0, 0.1) is 12.7 Å². The number of hydrogen-bond donors (Lipinski definition) is 1. The van der Waals surface area contributed by atoms with Crippen molar-refractivity contribution in [1.29, 1.82) is 0 Å². The van der Waals surface area contributed by atoms with E-state index in [1.165, 1.54) is 23.9 Å². The zero-order chi connectivity index (χ0) is 32.5. The Morgan fingerprint density at radius 1 is 1.07 bits per heavy atom. The maximum atomic E-state index is 15.3. The molecule has 0 radical (unpaired) electrons. The zero-order valence-electron chi connectivity index (χ0n) is 25.4. The smallest absolute Gasteiger partial charge is 0.263 e. The van der Waals surface area contributed by atoms with Gasteiger partial charge in [0, 0.05) is 51.6 Å². The van der Waals surface area contributed by atoms with Gasteiger partial charge in [0.1, 0.15) is 12.1 Å². The fourth-order valence-electron chi connectivity index (χ4n) is 5.67. The third-order valence-corrected chi connectivity index (χ3v) is 8.64. The van der Waals surface area contributed by atoms with Crippen molar-refractivity contribution in [2.24, 2.45) is 0 Å². The van der Waals surface area contributed by atoms with Crippen LogP contribution in [0.15, 0.2) is 84.0 Å². The van der Waals surface area contributed by atoms with Crippen LogP contribution in [0.5, 0.6) is 0 Å². The lowest BCUT2D eigenvalue weighted by atomic mass is 9.98. The van der Waals surface area contributed by atoms with Crippen molar-refractivity contribution in [2.45, 2.75) is 46.3 Å². The molecule has 1 aliphatic heterocycles. The molecular formula is C35H30ClFN6O3. The summed E-state index contributed by atoms with van der Waals surface area (Å²) in [6.45, 7) is 5.29. The number of nitrogens with one attached hydrogen (secondary N) is 1. The minimum absolute atomic E-state index is 0.0220. The number of carbonyl (C=O) groups excluding carboxylic acids is 2. The fraction of sp³-hybridized carbons (Fsp3) is 0.200. The van der Waals surface area contributed by atoms with E-state index in [9.17, 15) is 14.4 Å². The number of halogens is 2. The zero-order valence-corrected chi connectivity index (χ0v) is 26.2. The lowest BCUT2D eigenvalue weighted by Gasteiger charge is -2.34. The minimum Gasteiger partial charge on any atom is -0.351 e. The fourth-order valence-corrected chi connectivity index (χ4v) is 5.79.